The van der Waals surface area contributed by atoms with Crippen LogP contribution in [0.4, 0.5) is 0 Å². The first-order valence-corrected chi connectivity index (χ1v) is 9.34. The number of nitrogens with zero attached hydrogens (tertiary/aromatic N) is 4. The largest absolute Gasteiger partial charge is 0.332 e. The third-order valence-electron chi connectivity index (χ3n) is 4.83. The van der Waals surface area contributed by atoms with Crippen LogP contribution in [0.15, 0.2) is 30.7 Å². The number of rotatable bonds is 6. The van der Waals surface area contributed by atoms with Crippen LogP contribution >= 0.6 is 11.6 Å². The first-order valence-electron chi connectivity index (χ1n) is 8.96. The van der Waals surface area contributed by atoms with Gasteiger partial charge in [-0.05, 0) is 30.4 Å². The van der Waals surface area contributed by atoms with Gasteiger partial charge in [0, 0.05) is 38.6 Å². The molecule has 2 heterocycles. The highest BCUT2D eigenvalue weighted by Crippen LogP contribution is 2.27. The lowest BCUT2D eigenvalue weighted by Gasteiger charge is -2.26. The van der Waals surface area contributed by atoms with Crippen molar-refractivity contribution in [2.45, 2.75) is 51.6 Å². The van der Waals surface area contributed by atoms with Gasteiger partial charge in [-0.2, -0.15) is 5.10 Å². The molecule has 0 aliphatic heterocycles. The van der Waals surface area contributed by atoms with Crippen LogP contribution in [-0.2, 0) is 24.9 Å². The van der Waals surface area contributed by atoms with E-state index in [-0.39, 0.29) is 5.91 Å². The summed E-state index contributed by atoms with van der Waals surface area (Å²) < 4.78 is 1.69. The van der Waals surface area contributed by atoms with E-state index in [0.717, 1.165) is 24.1 Å². The van der Waals surface area contributed by atoms with E-state index in [9.17, 15) is 4.79 Å². The monoisotopic (exact) mass is 360 g/mol. The van der Waals surface area contributed by atoms with Crippen LogP contribution in [0.3, 0.4) is 0 Å². The summed E-state index contributed by atoms with van der Waals surface area (Å²) >= 11 is 6.26. The molecule has 0 spiro atoms. The maximum Gasteiger partial charge on any atom is 0.223 e. The van der Waals surface area contributed by atoms with Gasteiger partial charge >= 0.3 is 0 Å². The molecule has 0 unspecified atom stereocenters. The molecule has 1 aliphatic rings. The van der Waals surface area contributed by atoms with E-state index in [1.165, 1.54) is 19.3 Å². The van der Waals surface area contributed by atoms with Crippen molar-refractivity contribution in [1.82, 2.24) is 19.7 Å². The highest BCUT2D eigenvalue weighted by atomic mass is 35.5. The zero-order valence-corrected chi connectivity index (χ0v) is 15.5. The molecule has 25 heavy (non-hydrogen) atoms. The van der Waals surface area contributed by atoms with E-state index >= 15 is 0 Å². The van der Waals surface area contributed by atoms with Crippen molar-refractivity contribution in [2.24, 2.45) is 13.0 Å². The number of aromatic nitrogens is 3. The Bertz CT molecular complexity index is 695. The molecule has 6 heteroatoms. The molecule has 0 radical (unpaired) electrons. The summed E-state index contributed by atoms with van der Waals surface area (Å²) in [6.07, 6.45) is 12.0. The predicted molar refractivity (Wildman–Crippen MR) is 97.9 cm³/mol. The zero-order valence-electron chi connectivity index (χ0n) is 14.7. The summed E-state index contributed by atoms with van der Waals surface area (Å²) in [6.45, 7) is 0.965. The van der Waals surface area contributed by atoms with E-state index in [0.29, 0.717) is 30.5 Å². The maximum absolute atomic E-state index is 13.0. The Hall–Kier alpha value is -1.88. The second-order valence-corrected chi connectivity index (χ2v) is 7.32. The molecule has 1 aliphatic carbocycles. The molecular weight excluding hydrogens is 336 g/mol. The number of hydrogen-bond donors (Lipinski definition) is 0. The van der Waals surface area contributed by atoms with Crippen molar-refractivity contribution in [3.63, 3.8) is 0 Å². The van der Waals surface area contributed by atoms with Crippen LogP contribution in [0.2, 0.25) is 5.02 Å². The van der Waals surface area contributed by atoms with Crippen molar-refractivity contribution in [1.29, 1.82) is 0 Å². The summed E-state index contributed by atoms with van der Waals surface area (Å²) in [4.78, 5) is 19.0. The molecule has 3 rings (SSSR count). The smallest absolute Gasteiger partial charge is 0.223 e. The topological polar surface area (TPSA) is 51.0 Å². The van der Waals surface area contributed by atoms with Gasteiger partial charge in [0.15, 0.2) is 0 Å². The van der Waals surface area contributed by atoms with Gasteiger partial charge < -0.3 is 4.90 Å². The van der Waals surface area contributed by atoms with Crippen molar-refractivity contribution in [3.8, 4) is 0 Å². The summed E-state index contributed by atoms with van der Waals surface area (Å²) in [6, 6.07) is 3.89. The third-order valence-corrected chi connectivity index (χ3v) is 5.15. The van der Waals surface area contributed by atoms with Crippen molar-refractivity contribution < 1.29 is 4.79 Å². The van der Waals surface area contributed by atoms with Gasteiger partial charge in [0.2, 0.25) is 5.91 Å². The SMILES string of the molecule is Cn1cc(Cl)c(CN(Cc2cccnc2)C(=O)CC2CCCCC2)n1. The minimum Gasteiger partial charge on any atom is -0.332 e. The fourth-order valence-electron chi connectivity index (χ4n) is 3.51. The molecule has 1 saturated carbocycles. The third kappa shape index (κ3) is 5.05. The summed E-state index contributed by atoms with van der Waals surface area (Å²) in [5.74, 6) is 0.689. The molecule has 1 amide bonds. The van der Waals surface area contributed by atoms with E-state index in [4.69, 9.17) is 11.6 Å². The van der Waals surface area contributed by atoms with Gasteiger partial charge in [0.05, 0.1) is 11.6 Å². The zero-order chi connectivity index (χ0) is 17.6. The lowest BCUT2D eigenvalue weighted by molar-refractivity contribution is -0.133. The Morgan fingerprint density at radius 2 is 2.12 bits per heavy atom. The molecule has 134 valence electrons. The first-order chi connectivity index (χ1) is 12.1. The number of halogens is 1. The van der Waals surface area contributed by atoms with Crippen LogP contribution in [0.5, 0.6) is 0 Å². The van der Waals surface area contributed by atoms with Crippen LogP contribution < -0.4 is 0 Å². The van der Waals surface area contributed by atoms with Crippen LogP contribution in [0.1, 0.15) is 49.8 Å². The van der Waals surface area contributed by atoms with Crippen LogP contribution in [-0.4, -0.2) is 25.6 Å². The Morgan fingerprint density at radius 3 is 2.76 bits per heavy atom. The molecule has 0 saturated heterocycles. The Balaban J connectivity index is 1.72. The average Bonchev–Trinajstić information content (AvgIpc) is 2.93. The number of pyridine rings is 1. The molecule has 1 fully saturated rings. The molecule has 0 N–H and O–H groups in total. The summed E-state index contributed by atoms with van der Waals surface area (Å²) in [7, 11) is 1.84. The van der Waals surface area contributed by atoms with Crippen molar-refractivity contribution in [2.75, 3.05) is 0 Å². The minimum atomic E-state index is 0.178. The van der Waals surface area contributed by atoms with Gasteiger partial charge in [-0.15, -0.1) is 0 Å². The Kier molecular flexibility index (Phi) is 6.08. The van der Waals surface area contributed by atoms with Gasteiger partial charge in [-0.25, -0.2) is 0 Å². The van der Waals surface area contributed by atoms with E-state index in [1.54, 1.807) is 23.3 Å². The van der Waals surface area contributed by atoms with E-state index in [1.807, 2.05) is 24.1 Å². The summed E-state index contributed by atoms with van der Waals surface area (Å²) in [5, 5.41) is 5.00. The first kappa shape index (κ1) is 17.9. The number of amides is 1. The van der Waals surface area contributed by atoms with Gasteiger partial charge in [0.1, 0.15) is 5.69 Å². The fraction of sp³-hybridized carbons (Fsp3) is 0.526. The Labute approximate surface area is 154 Å². The van der Waals surface area contributed by atoms with E-state index < -0.39 is 0 Å². The standard InChI is InChI=1S/C19H25ClN4O/c1-23-13-17(20)18(22-23)14-24(12-16-8-5-9-21-11-16)19(25)10-15-6-3-2-4-7-15/h5,8-9,11,13,15H,2-4,6-7,10,12,14H2,1H3. The fourth-order valence-corrected chi connectivity index (χ4v) is 3.74. The van der Waals surface area contributed by atoms with Crippen molar-refractivity contribution in [3.05, 3.63) is 47.0 Å². The van der Waals surface area contributed by atoms with E-state index in [2.05, 4.69) is 10.1 Å². The predicted octanol–water partition coefficient (Wildman–Crippen LogP) is 3.97. The second-order valence-electron chi connectivity index (χ2n) is 6.92. The average molecular weight is 361 g/mol. The highest BCUT2D eigenvalue weighted by Gasteiger charge is 2.23. The number of aryl methyl sites for hydroxylation is 1. The molecule has 2 aromatic heterocycles. The quantitative estimate of drug-likeness (QED) is 0.783. The summed E-state index contributed by atoms with van der Waals surface area (Å²) in [5.41, 5.74) is 1.76. The number of carbonyl (C=O) groups excluding carboxylic acids is 1. The molecule has 2 aromatic rings. The van der Waals surface area contributed by atoms with Gasteiger partial charge in [0.25, 0.3) is 0 Å². The molecule has 0 bridgehead atoms. The number of hydrogen-bond acceptors (Lipinski definition) is 3. The molecule has 5 nitrogen and oxygen atoms in total. The van der Waals surface area contributed by atoms with Gasteiger partial charge in [-0.1, -0.05) is 36.9 Å². The molecule has 0 atom stereocenters. The lowest BCUT2D eigenvalue weighted by Crippen LogP contribution is -2.32. The second kappa shape index (κ2) is 8.48. The maximum atomic E-state index is 13.0. The Morgan fingerprint density at radius 1 is 1.32 bits per heavy atom. The van der Waals surface area contributed by atoms with Crippen LogP contribution in [0.25, 0.3) is 0 Å². The van der Waals surface area contributed by atoms with Crippen LogP contribution in [0, 0.1) is 5.92 Å². The minimum absolute atomic E-state index is 0.178. The van der Waals surface area contributed by atoms with Crippen molar-refractivity contribution >= 4 is 17.5 Å². The molecule has 0 aromatic carbocycles. The van der Waals surface area contributed by atoms with Gasteiger partial charge in [-0.3, -0.25) is 14.5 Å². The highest BCUT2D eigenvalue weighted by molar-refractivity contribution is 6.31. The lowest BCUT2D eigenvalue weighted by atomic mass is 9.86. The molecular formula is C19H25ClN4O. The number of carbonyl (C=O) groups is 1. The normalized spacial score (nSPS) is 15.3.